The van der Waals surface area contributed by atoms with E-state index in [1.54, 1.807) is 18.8 Å². The molecule has 0 aliphatic rings. The summed E-state index contributed by atoms with van der Waals surface area (Å²) in [4.78, 5) is 52.5. The number of Topliss-reactive ketones (excluding diaryl/α,β-unsaturated/α-hetero) is 1. The van der Waals surface area contributed by atoms with Gasteiger partial charge in [0.05, 0.1) is 48.4 Å². The zero-order chi connectivity index (χ0) is 26.2. The van der Waals surface area contributed by atoms with Crippen LogP contribution in [0.4, 0.5) is 0 Å². The third-order valence-electron chi connectivity index (χ3n) is 5.52. The average molecular weight is 523 g/mol. The molecule has 1 atom stereocenters. The maximum Gasteiger partial charge on any atom is 0.287 e. The van der Waals surface area contributed by atoms with E-state index in [1.165, 1.54) is 24.6 Å². The highest BCUT2D eigenvalue weighted by Crippen LogP contribution is 2.31. The number of para-hydroxylation sites is 1. The fraction of sp³-hybridized carbons (Fsp3) is 0.280. The van der Waals surface area contributed by atoms with Gasteiger partial charge in [-0.1, -0.05) is 18.2 Å². The summed E-state index contributed by atoms with van der Waals surface area (Å²) in [5, 5.41) is 6.17. The van der Waals surface area contributed by atoms with Gasteiger partial charge in [-0.15, -0.1) is 11.3 Å². The van der Waals surface area contributed by atoms with E-state index in [9.17, 15) is 14.4 Å². The smallest absolute Gasteiger partial charge is 0.287 e. The number of aromatic nitrogens is 4. The molecule has 0 spiro atoms. The summed E-state index contributed by atoms with van der Waals surface area (Å²) in [5.41, 5.74) is 3.77. The number of nitrogens with one attached hydrogen (secondary N) is 3. The number of hydrogen-bond donors (Lipinski definition) is 3. The molecule has 192 valence electrons. The number of ether oxygens (including phenoxy) is 2. The Morgan fingerprint density at radius 3 is 2.78 bits per heavy atom. The molecule has 0 saturated carbocycles. The number of methoxy groups -OCH3 is 1. The number of thiazole rings is 1. The molecular weight excluding hydrogens is 496 g/mol. The third kappa shape index (κ3) is 6.35. The zero-order valence-corrected chi connectivity index (χ0v) is 21.1. The topological polar surface area (TPSA) is 148 Å². The Morgan fingerprint density at radius 1 is 1.19 bits per heavy atom. The largest absolute Gasteiger partial charge is 0.480 e. The molecule has 1 unspecified atom stereocenters. The Hall–Kier alpha value is -4.16. The maximum atomic E-state index is 12.7. The Bertz CT molecular complexity index is 1390. The lowest BCUT2D eigenvalue weighted by molar-refractivity contribution is -0.137. The van der Waals surface area contributed by atoms with Gasteiger partial charge in [-0.3, -0.25) is 19.4 Å². The quantitative estimate of drug-likeness (QED) is 0.190. The molecule has 1 aromatic carbocycles. The normalized spacial score (nSPS) is 11.7. The lowest BCUT2D eigenvalue weighted by Crippen LogP contribution is -2.32. The van der Waals surface area contributed by atoms with Crippen molar-refractivity contribution in [3.63, 3.8) is 0 Å². The predicted molar refractivity (Wildman–Crippen MR) is 137 cm³/mol. The number of rotatable bonds is 12. The fourth-order valence-electron chi connectivity index (χ4n) is 3.63. The summed E-state index contributed by atoms with van der Waals surface area (Å²) >= 11 is 1.22. The molecule has 12 heteroatoms. The number of amides is 2. The zero-order valence-electron chi connectivity index (χ0n) is 20.3. The van der Waals surface area contributed by atoms with Crippen molar-refractivity contribution in [3.05, 3.63) is 58.9 Å². The molecule has 3 aromatic heterocycles. The minimum Gasteiger partial charge on any atom is -0.480 e. The fourth-order valence-corrected chi connectivity index (χ4v) is 4.16. The second kappa shape index (κ2) is 12.2. The van der Waals surface area contributed by atoms with Crippen LogP contribution in [0.2, 0.25) is 0 Å². The van der Waals surface area contributed by atoms with E-state index in [1.807, 2.05) is 30.3 Å². The van der Waals surface area contributed by atoms with Crippen molar-refractivity contribution in [2.75, 3.05) is 27.4 Å². The first-order valence-corrected chi connectivity index (χ1v) is 12.4. The molecule has 4 aromatic rings. The molecular formula is C25H26N6O5S. The number of hydrogen-bond acceptors (Lipinski definition) is 9. The summed E-state index contributed by atoms with van der Waals surface area (Å²) in [5.74, 6) is -0.527. The molecule has 0 aliphatic heterocycles. The van der Waals surface area contributed by atoms with Crippen LogP contribution in [0.25, 0.3) is 22.2 Å². The van der Waals surface area contributed by atoms with Crippen molar-refractivity contribution >= 4 is 39.8 Å². The van der Waals surface area contributed by atoms with Gasteiger partial charge in [0.1, 0.15) is 16.7 Å². The summed E-state index contributed by atoms with van der Waals surface area (Å²) in [6, 6.07) is 9.06. The van der Waals surface area contributed by atoms with E-state index in [-0.39, 0.29) is 25.5 Å². The number of carbonyl (C=O) groups excluding carboxylic acids is 3. The Balaban J connectivity index is 1.51. The molecule has 3 N–H and O–H groups in total. The Kier molecular flexibility index (Phi) is 8.54. The predicted octanol–water partition coefficient (Wildman–Crippen LogP) is 2.67. The second-order valence-electron chi connectivity index (χ2n) is 7.99. The van der Waals surface area contributed by atoms with Crippen LogP contribution in [0.15, 0.2) is 48.2 Å². The number of ketones is 1. The highest BCUT2D eigenvalue weighted by Gasteiger charge is 2.22. The van der Waals surface area contributed by atoms with Crippen LogP contribution in [0, 0.1) is 0 Å². The van der Waals surface area contributed by atoms with Gasteiger partial charge < -0.3 is 25.1 Å². The highest BCUT2D eigenvalue weighted by atomic mass is 32.1. The minimum absolute atomic E-state index is 0.0667. The van der Waals surface area contributed by atoms with Gasteiger partial charge in [0.25, 0.3) is 11.8 Å². The maximum absolute atomic E-state index is 12.7. The number of H-pyrrole nitrogens is 1. The molecule has 2 amide bonds. The van der Waals surface area contributed by atoms with Crippen molar-refractivity contribution < 1.29 is 23.9 Å². The first-order chi connectivity index (χ1) is 18.0. The van der Waals surface area contributed by atoms with Crippen molar-refractivity contribution in [1.82, 2.24) is 30.6 Å². The second-order valence-corrected chi connectivity index (χ2v) is 8.88. The van der Waals surface area contributed by atoms with Gasteiger partial charge in [0.2, 0.25) is 11.7 Å². The number of fused-ring (bicyclic) bond motifs is 1. The van der Waals surface area contributed by atoms with Gasteiger partial charge in [-0.2, -0.15) is 0 Å². The highest BCUT2D eigenvalue weighted by molar-refractivity contribution is 7.11. The number of imidazole rings is 1. The van der Waals surface area contributed by atoms with E-state index >= 15 is 0 Å². The van der Waals surface area contributed by atoms with Crippen molar-refractivity contribution in [1.29, 1.82) is 0 Å². The van der Waals surface area contributed by atoms with Crippen molar-refractivity contribution in [2.24, 2.45) is 0 Å². The molecule has 0 radical (unpaired) electrons. The van der Waals surface area contributed by atoms with Crippen LogP contribution in [0.5, 0.6) is 5.88 Å². The summed E-state index contributed by atoms with van der Waals surface area (Å²) in [6.45, 7) is 0.324. The van der Waals surface area contributed by atoms with Crippen molar-refractivity contribution in [2.45, 2.75) is 18.9 Å². The molecule has 4 rings (SSSR count). The lowest BCUT2D eigenvalue weighted by Gasteiger charge is -2.17. The van der Waals surface area contributed by atoms with E-state index in [4.69, 9.17) is 9.47 Å². The summed E-state index contributed by atoms with van der Waals surface area (Å²) < 4.78 is 11.3. The van der Waals surface area contributed by atoms with Crippen LogP contribution >= 0.6 is 11.3 Å². The average Bonchev–Trinajstić information content (AvgIpc) is 3.64. The number of carbonyl (C=O) groups is 3. The van der Waals surface area contributed by atoms with E-state index in [0.717, 1.165) is 16.5 Å². The number of nitrogens with zero attached hydrogens (tertiary/aromatic N) is 3. The first kappa shape index (κ1) is 25.9. The summed E-state index contributed by atoms with van der Waals surface area (Å²) in [6.07, 6.45) is 3.57. The molecule has 3 heterocycles. The monoisotopic (exact) mass is 522 g/mol. The van der Waals surface area contributed by atoms with Crippen LogP contribution in [0.1, 0.15) is 34.4 Å². The Morgan fingerprint density at radius 2 is 2.03 bits per heavy atom. The lowest BCUT2D eigenvalue weighted by atomic mass is 10.1. The van der Waals surface area contributed by atoms with Crippen LogP contribution in [-0.4, -0.2) is 64.9 Å². The minimum atomic E-state index is -0.628. The van der Waals surface area contributed by atoms with Crippen LogP contribution < -0.4 is 15.4 Å². The van der Waals surface area contributed by atoms with Gasteiger partial charge in [0, 0.05) is 25.5 Å². The van der Waals surface area contributed by atoms with Crippen LogP contribution in [-0.2, 0) is 14.3 Å². The standard InChI is InChI=1S/C25H26N6O5S/c1-26-23(33)20(32)8-5-9-36-13-19(30-24(34)21-12-27-14-37-21)22-28-11-18(29-22)16-10-15-6-3-4-7-17(15)31-25(16)35-2/h3-4,6-7,10-12,14,19H,5,8-9,13H2,1-2H3,(H,26,33)(H,28,29)(H,30,34). The van der Waals surface area contributed by atoms with Gasteiger partial charge in [-0.05, 0) is 18.6 Å². The molecule has 0 fully saturated rings. The molecule has 0 aliphatic carbocycles. The Labute approximate surface area is 216 Å². The van der Waals surface area contributed by atoms with Gasteiger partial charge in [-0.25, -0.2) is 9.97 Å². The van der Waals surface area contributed by atoms with Gasteiger partial charge in [0.15, 0.2) is 0 Å². The van der Waals surface area contributed by atoms with E-state index in [0.29, 0.717) is 28.7 Å². The molecule has 0 saturated heterocycles. The van der Waals surface area contributed by atoms with E-state index < -0.39 is 17.7 Å². The first-order valence-electron chi connectivity index (χ1n) is 11.5. The molecule has 37 heavy (non-hydrogen) atoms. The van der Waals surface area contributed by atoms with E-state index in [2.05, 4.69) is 30.6 Å². The SMILES string of the molecule is CNC(=O)C(=O)CCCOCC(NC(=O)c1cncs1)c1ncc(-c2cc3ccccc3nc2OC)[nH]1. The third-order valence-corrected chi connectivity index (χ3v) is 6.29. The number of aromatic amines is 1. The van der Waals surface area contributed by atoms with Crippen molar-refractivity contribution in [3.8, 4) is 17.1 Å². The molecule has 11 nitrogen and oxygen atoms in total. The van der Waals surface area contributed by atoms with Crippen LogP contribution in [0.3, 0.4) is 0 Å². The number of likely N-dealkylation sites (N-methyl/N-ethyl adjacent to an activating group) is 1. The summed E-state index contributed by atoms with van der Waals surface area (Å²) in [7, 11) is 2.97. The van der Waals surface area contributed by atoms with Gasteiger partial charge >= 0.3 is 0 Å². The number of benzene rings is 1. The molecule has 0 bridgehead atoms. The number of pyridine rings is 1.